The number of aliphatic hydroxyl groups excluding tert-OH is 1. The molecule has 108 heavy (non-hydrogen) atoms. The lowest BCUT2D eigenvalue weighted by Crippen LogP contribution is -2.61. The standard InChI is InChI=1S/C69H90N20O17S2/c1-35-57(95)84-48(27-36-29-77-43-18-7-6-13-37(36)43)62(100)82-46(21-10-24-75-67(71)72)61(99)87-51(56(70)94)33-107-108-34-52-64(102)86-50(31-90)63(101)85-49(28-55(92)93)66(104)89-26-12-23-53(89)65(103)83-47(22-11-25-76-68(73)74)60(98)81-45(58(96)79-35)20-9-8-19-44(59(97)88-52)80-54(91)30-78-69(105)106-32-42-40-16-4-2-14-38(40)39-15-3-5-17-41(39)42/h2-9,13-18,29,35,42,44-53,77,90H,10-12,19-28,30-34H2,1H3,(H2,70,94)(H,78,105)(H,79,96)(H,80,91)(H,81,98)(H,82,100)(H,83,103)(H,84,95)(H,85,101)(H,86,102)(H,87,99)(H,88,97)(H,92,93)(H4,71,72,75)(H4,73,74,76)/b9-8-/t35-,44-,45-,46-,47-,48-,49-,50-,51-,52-,53-/m0/s1. The van der Waals surface area contributed by atoms with Crippen LogP contribution in [0.3, 0.4) is 0 Å². The first-order chi connectivity index (χ1) is 51.7. The molecule has 39 heteroatoms. The first-order valence-electron chi connectivity index (χ1n) is 34.8. The van der Waals surface area contributed by atoms with Crippen molar-refractivity contribution >= 4 is 127 Å². The summed E-state index contributed by atoms with van der Waals surface area (Å²) in [6.45, 7) is -1.06. The van der Waals surface area contributed by atoms with E-state index in [4.69, 9.17) is 32.8 Å². The summed E-state index contributed by atoms with van der Waals surface area (Å²) in [4.78, 5) is 204. The van der Waals surface area contributed by atoms with Gasteiger partial charge in [-0.3, -0.25) is 73.1 Å². The van der Waals surface area contributed by atoms with Crippen LogP contribution in [0.25, 0.3) is 22.0 Å². The highest BCUT2D eigenvalue weighted by molar-refractivity contribution is 8.76. The van der Waals surface area contributed by atoms with Crippen LogP contribution in [0.4, 0.5) is 4.79 Å². The van der Waals surface area contributed by atoms with E-state index in [0.29, 0.717) is 16.5 Å². The molecule has 37 nitrogen and oxygen atoms in total. The van der Waals surface area contributed by atoms with Gasteiger partial charge in [0, 0.05) is 60.6 Å². The normalized spacial score (nSPS) is 24.3. The number of nitrogens with two attached hydrogens (primary N) is 3. The smallest absolute Gasteiger partial charge is 0.407 e. The van der Waals surface area contributed by atoms with Crippen LogP contribution in [-0.4, -0.2) is 232 Å². The van der Waals surface area contributed by atoms with Gasteiger partial charge in [0.1, 0.15) is 79.6 Å². The molecule has 11 atom stereocenters. The first-order valence-corrected chi connectivity index (χ1v) is 37.3. The van der Waals surface area contributed by atoms with E-state index in [1.807, 2.05) is 48.5 Å². The Morgan fingerprint density at radius 2 is 1.17 bits per heavy atom. The van der Waals surface area contributed by atoms with Crippen LogP contribution in [0.1, 0.15) is 87.3 Å². The number of benzene rings is 3. The number of carboxylic acids is 1. The molecule has 13 amide bonds. The third kappa shape index (κ3) is 23.3. The van der Waals surface area contributed by atoms with E-state index in [1.165, 1.54) is 19.1 Å². The van der Waals surface area contributed by atoms with Crippen LogP contribution in [0.2, 0.25) is 0 Å². The number of carbonyl (C=O) groups is 14. The van der Waals surface area contributed by atoms with Crippen molar-refractivity contribution in [1.29, 1.82) is 10.8 Å². The Balaban J connectivity index is 1.18. The molecule has 1 saturated heterocycles. The lowest BCUT2D eigenvalue weighted by atomic mass is 9.98. The summed E-state index contributed by atoms with van der Waals surface area (Å²) in [5, 5.41) is 69.6. The van der Waals surface area contributed by atoms with Gasteiger partial charge < -0.3 is 111 Å². The molecule has 3 aliphatic heterocycles. The number of fused-ring (bicyclic) bond motifs is 12. The lowest BCUT2D eigenvalue weighted by Gasteiger charge is -2.30. The number of nitrogens with one attached hydrogen (secondary N) is 16. The Morgan fingerprint density at radius 1 is 0.611 bits per heavy atom. The monoisotopic (exact) mass is 1530 g/mol. The molecule has 1 aliphatic carbocycles. The van der Waals surface area contributed by atoms with Crippen LogP contribution in [0.5, 0.6) is 0 Å². The van der Waals surface area contributed by atoms with E-state index >= 15 is 0 Å². The van der Waals surface area contributed by atoms with Crippen molar-refractivity contribution in [1.82, 2.24) is 79.0 Å². The lowest BCUT2D eigenvalue weighted by molar-refractivity contribution is -0.146. The SMILES string of the molecule is C[C@@H]1NC(=O)[C@@H]2C/C=C\C[C@H](NC(=O)CNC(=O)OCC3c4ccccc4-c4ccccc43)C(=O)N[C@@H](CSSC[C@@H](C(N)=O)NC(=O)[C@H](CCCNC(=N)N)NC(=O)[C@H](Cc3c[nH]c4ccccc34)NC1=O)C(=O)N[C@@H](CO)C(=O)N[C@@H](CC(=O)O)C(=O)N1CCC[C@H]1C(=O)N[C@@H](CCCNC(=N)N)C(=O)N2. The second kappa shape index (κ2) is 39.8. The molecule has 0 spiro atoms. The van der Waals surface area contributed by atoms with Gasteiger partial charge in [-0.2, -0.15) is 0 Å². The second-order valence-electron chi connectivity index (χ2n) is 25.9. The van der Waals surface area contributed by atoms with Gasteiger partial charge in [0.05, 0.1) is 13.0 Å². The van der Waals surface area contributed by atoms with Gasteiger partial charge in [0.25, 0.3) is 0 Å². The predicted molar refractivity (Wildman–Crippen MR) is 395 cm³/mol. The second-order valence-corrected chi connectivity index (χ2v) is 28.5. The molecular weight excluding hydrogens is 1450 g/mol. The van der Waals surface area contributed by atoms with Gasteiger partial charge in [0.2, 0.25) is 70.9 Å². The fourth-order valence-electron chi connectivity index (χ4n) is 12.6. The number of para-hydroxylation sites is 1. The van der Waals surface area contributed by atoms with Crippen molar-refractivity contribution in [2.24, 2.45) is 17.2 Å². The zero-order chi connectivity index (χ0) is 78.1. The van der Waals surface area contributed by atoms with Gasteiger partial charge >= 0.3 is 12.1 Å². The van der Waals surface area contributed by atoms with Gasteiger partial charge in [-0.25, -0.2) is 4.79 Å². The van der Waals surface area contributed by atoms with Crippen LogP contribution < -0.4 is 86.3 Å². The number of carbonyl (C=O) groups excluding carboxylic acids is 13. The number of alkyl carbamates (subject to hydrolysis) is 1. The summed E-state index contributed by atoms with van der Waals surface area (Å²) in [5.74, 6) is -16.4. The zero-order valence-electron chi connectivity index (χ0n) is 58.8. The Bertz CT molecular complexity index is 4020. The van der Waals surface area contributed by atoms with Gasteiger partial charge in [-0.1, -0.05) is 100 Å². The quantitative estimate of drug-likeness (QED) is 0.0141. The summed E-state index contributed by atoms with van der Waals surface area (Å²) in [5.41, 5.74) is 21.8. The molecular formula is C69H90N20O17S2. The fraction of sp³-hybridized carbons (Fsp3) is 0.449. The van der Waals surface area contributed by atoms with E-state index in [9.17, 15) is 77.3 Å². The number of primary amides is 1. The topological polar surface area (TPSA) is 590 Å². The Morgan fingerprint density at radius 3 is 1.81 bits per heavy atom. The number of nitrogens with zero attached hydrogens (tertiary/aromatic N) is 1. The molecule has 0 unspecified atom stereocenters. The van der Waals surface area contributed by atoms with Crippen molar-refractivity contribution in [3.05, 3.63) is 108 Å². The van der Waals surface area contributed by atoms with Crippen LogP contribution in [0.15, 0.2) is 91.1 Å². The minimum absolute atomic E-state index is 0.0195. The van der Waals surface area contributed by atoms with Crippen LogP contribution >= 0.6 is 21.6 Å². The number of aliphatic hydroxyl groups is 1. The number of rotatable bonds is 19. The number of H-pyrrole nitrogens is 1. The highest BCUT2D eigenvalue weighted by atomic mass is 33.1. The van der Waals surface area contributed by atoms with E-state index in [1.54, 1.807) is 30.5 Å². The number of aromatic amines is 1. The predicted octanol–water partition coefficient (Wildman–Crippen LogP) is -3.67. The van der Waals surface area contributed by atoms with Gasteiger partial charge in [0.15, 0.2) is 11.9 Å². The Labute approximate surface area is 627 Å². The van der Waals surface area contributed by atoms with E-state index in [0.717, 1.165) is 48.7 Å². The molecule has 4 aromatic rings. The van der Waals surface area contributed by atoms with Crippen molar-refractivity contribution in [2.45, 2.75) is 144 Å². The number of aliphatic carboxylic acids is 1. The molecule has 0 radical (unpaired) electrons. The van der Waals surface area contributed by atoms with Gasteiger partial charge in [-0.05, 0) is 92.2 Å². The maximum absolute atomic E-state index is 14.9. The number of ether oxygens (including phenoxy) is 1. The Hall–Kier alpha value is -11.5. The molecule has 3 aromatic carbocycles. The van der Waals surface area contributed by atoms with Gasteiger partial charge in [-0.15, -0.1) is 0 Å². The summed E-state index contributed by atoms with van der Waals surface area (Å²) in [7, 11) is 1.62. The maximum atomic E-state index is 14.9. The van der Waals surface area contributed by atoms with Crippen LogP contribution in [0, 0.1) is 10.8 Å². The molecule has 1 fully saturated rings. The molecule has 4 heterocycles. The van der Waals surface area contributed by atoms with Crippen molar-refractivity contribution in [2.75, 3.05) is 50.9 Å². The van der Waals surface area contributed by atoms with Crippen LogP contribution in [-0.2, 0) is 73.5 Å². The number of carboxylic acid groups (broad SMARTS) is 1. The number of hydrogen-bond acceptors (Lipinski definition) is 20. The first kappa shape index (κ1) is 82.2. The summed E-state index contributed by atoms with van der Waals surface area (Å²) in [6, 6.07) is 3.87. The number of hydrogen-bond donors (Lipinski definition) is 21. The zero-order valence-corrected chi connectivity index (χ0v) is 60.5. The van der Waals surface area contributed by atoms with E-state index in [2.05, 4.69) is 74.1 Å². The third-order valence-corrected chi connectivity index (χ3v) is 20.6. The molecule has 0 saturated carbocycles. The minimum atomic E-state index is -2.01. The average molecular weight is 1540 g/mol. The molecule has 24 N–H and O–H groups in total. The highest BCUT2D eigenvalue weighted by Gasteiger charge is 2.42. The maximum Gasteiger partial charge on any atom is 0.407 e. The average Bonchev–Trinajstić information content (AvgIpc) is 1.62. The molecule has 580 valence electrons. The van der Waals surface area contributed by atoms with Crippen molar-refractivity contribution in [3.8, 4) is 11.1 Å². The summed E-state index contributed by atoms with van der Waals surface area (Å²) in [6.07, 6.45) is 0.679. The summed E-state index contributed by atoms with van der Waals surface area (Å²) >= 11 is 0. The number of amides is 13. The fourth-order valence-corrected chi connectivity index (χ4v) is 14.9. The molecule has 1 aromatic heterocycles. The number of guanidine groups is 2. The van der Waals surface area contributed by atoms with Crippen molar-refractivity contribution < 1.29 is 82.1 Å². The van der Waals surface area contributed by atoms with E-state index < -0.39 is 199 Å². The van der Waals surface area contributed by atoms with Crippen molar-refractivity contribution in [3.63, 3.8) is 0 Å². The molecule has 2 bridgehead atoms. The van der Waals surface area contributed by atoms with E-state index in [-0.39, 0.29) is 82.9 Å². The highest BCUT2D eigenvalue weighted by Crippen LogP contribution is 2.44. The minimum Gasteiger partial charge on any atom is -0.481 e. The molecule has 8 rings (SSSR count). The molecule has 4 aliphatic rings. The summed E-state index contributed by atoms with van der Waals surface area (Å²) < 4.78 is 5.63. The third-order valence-electron chi connectivity index (χ3n) is 18.1. The Kier molecular flexibility index (Phi) is 30.2. The largest absolute Gasteiger partial charge is 0.481 e. The number of aromatic nitrogens is 1.